The molecule has 0 spiro atoms. The fourth-order valence-corrected chi connectivity index (χ4v) is 7.80. The predicted molar refractivity (Wildman–Crippen MR) is 109 cm³/mol. The summed E-state index contributed by atoms with van der Waals surface area (Å²) in [5.74, 6) is 3.29. The fourth-order valence-electron chi connectivity index (χ4n) is 7.80. The number of hydrogen-bond donors (Lipinski definition) is 4. The molecule has 6 rings (SSSR count). The summed E-state index contributed by atoms with van der Waals surface area (Å²) < 4.78 is 0. The molecule has 0 bridgehead atoms. The van der Waals surface area contributed by atoms with Crippen LogP contribution in [0, 0.1) is 23.7 Å². The second-order valence-corrected chi connectivity index (χ2v) is 10.1. The van der Waals surface area contributed by atoms with Gasteiger partial charge in [0.1, 0.15) is 5.66 Å². The summed E-state index contributed by atoms with van der Waals surface area (Å²) in [4.78, 5) is 2.97. The quantitative estimate of drug-likeness (QED) is 0.544. The first-order chi connectivity index (χ1) is 13.4. The Morgan fingerprint density at radius 2 is 1.81 bits per heavy atom. The zero-order valence-electron chi connectivity index (χ0n) is 16.7. The van der Waals surface area contributed by atoms with Gasteiger partial charge in [-0.3, -0.25) is 10.2 Å². The van der Waals surface area contributed by atoms with Gasteiger partial charge in [0, 0.05) is 50.7 Å². The third-order valence-electron chi connectivity index (χ3n) is 8.93. The molecule has 7 atom stereocenters. The molecular weight excluding hydrogens is 334 g/mol. The maximum Gasteiger partial charge on any atom is 0.110 e. The summed E-state index contributed by atoms with van der Waals surface area (Å²) in [7, 11) is 0. The largest absolute Gasteiger partial charge is 0.315 e. The van der Waals surface area contributed by atoms with Crippen LogP contribution in [-0.2, 0) is 0 Å². The first-order valence-corrected chi connectivity index (χ1v) is 11.7. The maximum atomic E-state index is 4.20. The smallest absolute Gasteiger partial charge is 0.110 e. The molecule has 4 N–H and O–H groups in total. The van der Waals surface area contributed by atoms with Gasteiger partial charge in [-0.05, 0) is 62.1 Å². The minimum Gasteiger partial charge on any atom is -0.315 e. The molecule has 6 aliphatic rings. The molecule has 150 valence electrons. The average molecular weight is 372 g/mol. The van der Waals surface area contributed by atoms with Crippen LogP contribution in [-0.4, -0.2) is 68.5 Å². The van der Waals surface area contributed by atoms with Gasteiger partial charge in [-0.2, -0.15) is 0 Å². The van der Waals surface area contributed by atoms with Crippen molar-refractivity contribution < 1.29 is 0 Å². The van der Waals surface area contributed by atoms with Gasteiger partial charge in [-0.1, -0.05) is 18.9 Å². The second-order valence-electron chi connectivity index (χ2n) is 10.1. The van der Waals surface area contributed by atoms with Crippen LogP contribution >= 0.6 is 0 Å². The van der Waals surface area contributed by atoms with Gasteiger partial charge in [0.05, 0.1) is 0 Å². The zero-order chi connectivity index (χ0) is 17.8. The topological polar surface area (TPSA) is 51.4 Å². The maximum absolute atomic E-state index is 4.20. The molecule has 0 amide bonds. The van der Waals surface area contributed by atoms with Crippen molar-refractivity contribution in [1.82, 2.24) is 26.2 Å². The van der Waals surface area contributed by atoms with Gasteiger partial charge in [-0.15, -0.1) is 0 Å². The van der Waals surface area contributed by atoms with Gasteiger partial charge in [0.15, 0.2) is 0 Å². The molecule has 0 aromatic carbocycles. The number of rotatable bonds is 2. The van der Waals surface area contributed by atoms with Crippen molar-refractivity contribution in [2.45, 2.75) is 56.3 Å². The van der Waals surface area contributed by atoms with Gasteiger partial charge in [0.2, 0.25) is 0 Å². The van der Waals surface area contributed by atoms with Crippen LogP contribution in [0.3, 0.4) is 0 Å². The van der Waals surface area contributed by atoms with Crippen LogP contribution < -0.4 is 21.3 Å². The van der Waals surface area contributed by atoms with Crippen molar-refractivity contribution in [3.63, 3.8) is 0 Å². The fraction of sp³-hybridized carbons (Fsp3) is 0.909. The van der Waals surface area contributed by atoms with E-state index in [1.807, 2.05) is 0 Å². The number of likely N-dealkylation sites (tertiary alicyclic amines) is 1. The molecule has 0 radical (unpaired) electrons. The van der Waals surface area contributed by atoms with Crippen molar-refractivity contribution >= 4 is 0 Å². The van der Waals surface area contributed by atoms with Crippen molar-refractivity contribution in [3.8, 4) is 0 Å². The van der Waals surface area contributed by atoms with Gasteiger partial charge < -0.3 is 16.0 Å². The molecule has 5 nitrogen and oxygen atoms in total. The van der Waals surface area contributed by atoms with Crippen LogP contribution in [0.4, 0.5) is 0 Å². The highest BCUT2D eigenvalue weighted by atomic mass is 15.4. The first-order valence-electron chi connectivity index (χ1n) is 11.7. The Bertz CT molecular complexity index is 606. The Morgan fingerprint density at radius 1 is 0.889 bits per heavy atom. The van der Waals surface area contributed by atoms with Crippen molar-refractivity contribution in [2.75, 3.05) is 45.8 Å². The molecule has 0 aromatic rings. The summed E-state index contributed by atoms with van der Waals surface area (Å²) in [6.45, 7) is 8.28. The monoisotopic (exact) mass is 371 g/mol. The van der Waals surface area contributed by atoms with Crippen LogP contribution in [0.2, 0.25) is 0 Å². The minimum absolute atomic E-state index is 0.0683. The van der Waals surface area contributed by atoms with Crippen LogP contribution in [0.1, 0.15) is 38.5 Å². The van der Waals surface area contributed by atoms with E-state index in [4.69, 9.17) is 0 Å². The lowest BCUT2D eigenvalue weighted by Gasteiger charge is -2.54. The predicted octanol–water partition coefficient (Wildman–Crippen LogP) is 0.894. The molecule has 5 heterocycles. The summed E-state index contributed by atoms with van der Waals surface area (Å²) in [5, 5.41) is 15.7. The van der Waals surface area contributed by atoms with Crippen LogP contribution in [0.5, 0.6) is 0 Å². The molecule has 5 aliphatic heterocycles. The highest BCUT2D eigenvalue weighted by molar-refractivity contribution is 5.35. The first kappa shape index (κ1) is 17.4. The molecule has 5 heteroatoms. The van der Waals surface area contributed by atoms with E-state index in [1.54, 1.807) is 5.57 Å². The summed E-state index contributed by atoms with van der Waals surface area (Å²) in [6, 6.07) is 1.31. The van der Waals surface area contributed by atoms with E-state index in [2.05, 4.69) is 32.2 Å². The number of nitrogens with zero attached hydrogens (tertiary/aromatic N) is 1. The minimum atomic E-state index is 0.0683. The Kier molecular flexibility index (Phi) is 4.39. The second kappa shape index (κ2) is 6.81. The van der Waals surface area contributed by atoms with Crippen molar-refractivity contribution in [1.29, 1.82) is 0 Å². The number of nitrogens with one attached hydrogen (secondary N) is 4. The number of piperidine rings is 1. The molecule has 27 heavy (non-hydrogen) atoms. The standard InChI is InChI=1S/C22H37N5/c1-2-6-18-15(4-1)12-25-21(18)22(19-7-8-23-11-17(19)13-26-22)27-9-3-5-16-10-24-14-20(16)27/h7,15-18,20-21,23-26H,1-6,8-14H2. The highest BCUT2D eigenvalue weighted by Crippen LogP contribution is 2.49. The Balaban J connectivity index is 1.43. The van der Waals surface area contributed by atoms with E-state index in [1.165, 1.54) is 64.7 Å². The zero-order valence-corrected chi connectivity index (χ0v) is 16.7. The Hall–Kier alpha value is -0.460. The van der Waals surface area contributed by atoms with Gasteiger partial charge in [-0.25, -0.2) is 0 Å². The Morgan fingerprint density at radius 3 is 2.81 bits per heavy atom. The summed E-state index contributed by atoms with van der Waals surface area (Å²) >= 11 is 0. The van der Waals surface area contributed by atoms with Crippen molar-refractivity contribution in [3.05, 3.63) is 11.6 Å². The Labute approximate surface area is 164 Å². The normalized spacial score (nSPS) is 50.1. The SMILES string of the molecule is C1=C2C(CNC1)CNC2(C1NCC2CCCCC21)N1CCCC2CNCC21. The van der Waals surface area contributed by atoms with Gasteiger partial charge in [0.25, 0.3) is 0 Å². The van der Waals surface area contributed by atoms with Crippen LogP contribution in [0.25, 0.3) is 0 Å². The molecule has 7 unspecified atom stereocenters. The third kappa shape index (κ3) is 2.55. The van der Waals surface area contributed by atoms with Crippen molar-refractivity contribution in [2.24, 2.45) is 23.7 Å². The summed E-state index contributed by atoms with van der Waals surface area (Å²) in [5.41, 5.74) is 1.80. The third-order valence-corrected chi connectivity index (χ3v) is 8.93. The molecule has 5 fully saturated rings. The lowest BCUT2D eigenvalue weighted by Crippen LogP contribution is -2.72. The van der Waals surface area contributed by atoms with E-state index in [9.17, 15) is 0 Å². The van der Waals surface area contributed by atoms with E-state index in [0.29, 0.717) is 18.0 Å². The number of hydrogen-bond acceptors (Lipinski definition) is 5. The average Bonchev–Trinajstić information content (AvgIpc) is 3.44. The van der Waals surface area contributed by atoms with E-state index >= 15 is 0 Å². The van der Waals surface area contributed by atoms with Crippen LogP contribution in [0.15, 0.2) is 11.6 Å². The lowest BCUT2D eigenvalue weighted by atomic mass is 9.71. The lowest BCUT2D eigenvalue weighted by molar-refractivity contribution is -0.0173. The van der Waals surface area contributed by atoms with Gasteiger partial charge >= 0.3 is 0 Å². The van der Waals surface area contributed by atoms with E-state index in [0.717, 1.165) is 37.4 Å². The molecular formula is C22H37N5. The summed E-state index contributed by atoms with van der Waals surface area (Å²) in [6.07, 6.45) is 11.1. The molecule has 0 aromatic heterocycles. The van der Waals surface area contributed by atoms with E-state index in [-0.39, 0.29) is 5.66 Å². The molecule has 1 saturated carbocycles. The molecule has 4 saturated heterocycles. The van der Waals surface area contributed by atoms with E-state index < -0.39 is 0 Å². The number of fused-ring (bicyclic) bond motifs is 3. The molecule has 1 aliphatic carbocycles. The highest BCUT2D eigenvalue weighted by Gasteiger charge is 2.60.